The molecule has 1 rings (SSSR count). The Kier molecular flexibility index (Phi) is 4.60. The molecule has 0 aromatic rings. The first-order chi connectivity index (χ1) is 7.13. The second-order valence-corrected chi connectivity index (χ2v) is 4.12. The van der Waals surface area contributed by atoms with Gasteiger partial charge < -0.3 is 10.2 Å². The van der Waals surface area contributed by atoms with Crippen LogP contribution >= 0.6 is 0 Å². The molecule has 15 heavy (non-hydrogen) atoms. The fraction of sp³-hybridized carbons (Fsp3) is 0.727. The number of terminal acetylenes is 1. The van der Waals surface area contributed by atoms with Crippen LogP contribution in [0.2, 0.25) is 0 Å². The highest BCUT2D eigenvalue weighted by atomic mass is 16.2. The Hall–Kier alpha value is -1.05. The molecule has 0 spiro atoms. The van der Waals surface area contributed by atoms with Crippen LogP contribution in [0.5, 0.6) is 0 Å². The van der Waals surface area contributed by atoms with Gasteiger partial charge in [-0.1, -0.05) is 5.92 Å². The Balaban J connectivity index is 2.24. The zero-order valence-electron chi connectivity index (χ0n) is 9.49. The van der Waals surface area contributed by atoms with Gasteiger partial charge in [0.1, 0.15) is 0 Å². The Labute approximate surface area is 91.6 Å². The van der Waals surface area contributed by atoms with Crippen LogP contribution in [0.1, 0.15) is 6.42 Å². The van der Waals surface area contributed by atoms with Gasteiger partial charge in [0, 0.05) is 19.1 Å². The number of amides is 1. The van der Waals surface area contributed by atoms with E-state index < -0.39 is 0 Å². The molecule has 84 valence electrons. The van der Waals surface area contributed by atoms with E-state index >= 15 is 0 Å². The number of hydrogen-bond donors (Lipinski definition) is 1. The van der Waals surface area contributed by atoms with E-state index in [4.69, 9.17) is 6.42 Å². The maximum atomic E-state index is 11.4. The van der Waals surface area contributed by atoms with E-state index in [0.29, 0.717) is 19.1 Å². The molecule has 0 aromatic heterocycles. The van der Waals surface area contributed by atoms with Gasteiger partial charge in [0.15, 0.2) is 0 Å². The van der Waals surface area contributed by atoms with Crippen molar-refractivity contribution >= 4 is 5.91 Å². The van der Waals surface area contributed by atoms with Crippen molar-refractivity contribution in [2.24, 2.45) is 0 Å². The normalized spacial score (nSPS) is 21.6. The summed E-state index contributed by atoms with van der Waals surface area (Å²) in [4.78, 5) is 15.7. The lowest BCUT2D eigenvalue weighted by atomic mass is 10.2. The van der Waals surface area contributed by atoms with E-state index in [1.807, 2.05) is 0 Å². The minimum absolute atomic E-state index is 0.0207. The van der Waals surface area contributed by atoms with Crippen molar-refractivity contribution in [1.82, 2.24) is 15.1 Å². The fourth-order valence-corrected chi connectivity index (χ4v) is 1.79. The maximum absolute atomic E-state index is 11.4. The number of nitrogens with one attached hydrogen (secondary N) is 1. The van der Waals surface area contributed by atoms with Crippen LogP contribution in [0.3, 0.4) is 0 Å². The quantitative estimate of drug-likeness (QED) is 0.626. The Morgan fingerprint density at radius 3 is 2.93 bits per heavy atom. The number of nitrogens with zero attached hydrogens (tertiary/aromatic N) is 2. The number of likely N-dealkylation sites (tertiary alicyclic amines) is 1. The van der Waals surface area contributed by atoms with E-state index in [1.54, 1.807) is 0 Å². The minimum atomic E-state index is 0.0207. The van der Waals surface area contributed by atoms with Crippen molar-refractivity contribution in [2.45, 2.75) is 12.5 Å². The van der Waals surface area contributed by atoms with Gasteiger partial charge in [0.2, 0.25) is 5.91 Å². The largest absolute Gasteiger partial charge is 0.344 e. The van der Waals surface area contributed by atoms with Crippen LogP contribution in [0.15, 0.2) is 0 Å². The van der Waals surface area contributed by atoms with Crippen LogP contribution in [0.4, 0.5) is 0 Å². The van der Waals surface area contributed by atoms with Crippen molar-refractivity contribution in [3.8, 4) is 12.3 Å². The molecule has 1 heterocycles. The van der Waals surface area contributed by atoms with E-state index in [1.165, 1.54) is 0 Å². The van der Waals surface area contributed by atoms with E-state index in [0.717, 1.165) is 19.5 Å². The van der Waals surface area contributed by atoms with Crippen molar-refractivity contribution in [3.05, 3.63) is 0 Å². The fourth-order valence-electron chi connectivity index (χ4n) is 1.79. The average Bonchev–Trinajstić information content (AvgIpc) is 2.63. The third-order valence-corrected chi connectivity index (χ3v) is 2.73. The van der Waals surface area contributed by atoms with Gasteiger partial charge in [0.25, 0.3) is 0 Å². The van der Waals surface area contributed by atoms with Gasteiger partial charge in [-0.3, -0.25) is 9.69 Å². The van der Waals surface area contributed by atoms with E-state index in [9.17, 15) is 4.79 Å². The highest BCUT2D eigenvalue weighted by Gasteiger charge is 2.24. The third-order valence-electron chi connectivity index (χ3n) is 2.73. The van der Waals surface area contributed by atoms with Gasteiger partial charge in [-0.2, -0.15) is 0 Å². The summed E-state index contributed by atoms with van der Waals surface area (Å²) in [5.41, 5.74) is 0. The molecular formula is C11H19N3O. The highest BCUT2D eigenvalue weighted by molar-refractivity contribution is 5.78. The lowest BCUT2D eigenvalue weighted by Crippen LogP contribution is -2.38. The zero-order chi connectivity index (χ0) is 11.3. The lowest BCUT2D eigenvalue weighted by Gasteiger charge is -2.19. The van der Waals surface area contributed by atoms with Crippen molar-refractivity contribution in [1.29, 1.82) is 0 Å². The van der Waals surface area contributed by atoms with Crippen molar-refractivity contribution in [2.75, 3.05) is 40.3 Å². The Bertz CT molecular complexity index is 257. The van der Waals surface area contributed by atoms with Gasteiger partial charge in [0.05, 0.1) is 13.1 Å². The molecule has 0 radical (unpaired) electrons. The van der Waals surface area contributed by atoms with Crippen LogP contribution in [-0.4, -0.2) is 62.0 Å². The lowest BCUT2D eigenvalue weighted by molar-refractivity contribution is -0.121. The number of hydrogen-bond acceptors (Lipinski definition) is 3. The molecule has 0 aliphatic carbocycles. The first-order valence-electron chi connectivity index (χ1n) is 5.22. The molecule has 4 heteroatoms. The number of carbonyl (C=O) groups excluding carboxylic acids is 1. The maximum Gasteiger partial charge on any atom is 0.234 e. The van der Waals surface area contributed by atoms with Crippen LogP contribution in [0.25, 0.3) is 0 Å². The predicted molar refractivity (Wildman–Crippen MR) is 60.4 cm³/mol. The predicted octanol–water partition coefficient (Wildman–Crippen LogP) is -0.628. The summed E-state index contributed by atoms with van der Waals surface area (Å²) < 4.78 is 0. The summed E-state index contributed by atoms with van der Waals surface area (Å²) in [6.07, 6.45) is 6.20. The standard InChI is InChI=1S/C11H19N3O/c1-4-6-12-11(15)9-14-7-5-10(8-14)13(2)3/h1,10H,5-9H2,2-3H3,(H,12,15). The second-order valence-electron chi connectivity index (χ2n) is 4.12. The molecular weight excluding hydrogens is 190 g/mol. The molecule has 1 amide bonds. The summed E-state index contributed by atoms with van der Waals surface area (Å²) in [6.45, 7) is 2.75. The first-order valence-corrected chi connectivity index (χ1v) is 5.22. The monoisotopic (exact) mass is 209 g/mol. The van der Waals surface area contributed by atoms with E-state index in [-0.39, 0.29) is 5.91 Å². The van der Waals surface area contributed by atoms with Crippen molar-refractivity contribution in [3.63, 3.8) is 0 Å². The van der Waals surface area contributed by atoms with Crippen LogP contribution < -0.4 is 5.32 Å². The summed E-state index contributed by atoms with van der Waals surface area (Å²) in [5, 5.41) is 2.67. The molecule has 1 aliphatic rings. The van der Waals surface area contributed by atoms with Gasteiger partial charge in [-0.15, -0.1) is 6.42 Å². The van der Waals surface area contributed by atoms with Crippen LogP contribution in [0, 0.1) is 12.3 Å². The Morgan fingerprint density at radius 2 is 2.40 bits per heavy atom. The number of rotatable bonds is 4. The highest BCUT2D eigenvalue weighted by Crippen LogP contribution is 2.12. The molecule has 0 bridgehead atoms. The van der Waals surface area contributed by atoms with E-state index in [2.05, 4.69) is 35.1 Å². The summed E-state index contributed by atoms with van der Waals surface area (Å²) in [6, 6.07) is 0.574. The Morgan fingerprint density at radius 1 is 1.67 bits per heavy atom. The molecule has 1 unspecified atom stereocenters. The SMILES string of the molecule is C#CCNC(=O)CN1CCC(N(C)C)C1. The van der Waals surface area contributed by atoms with Gasteiger partial charge in [-0.05, 0) is 20.5 Å². The smallest absolute Gasteiger partial charge is 0.234 e. The number of likely N-dealkylation sites (N-methyl/N-ethyl adjacent to an activating group) is 1. The molecule has 1 fully saturated rings. The van der Waals surface area contributed by atoms with Gasteiger partial charge in [-0.25, -0.2) is 0 Å². The molecule has 1 atom stereocenters. The minimum Gasteiger partial charge on any atom is -0.344 e. The molecule has 0 aromatic carbocycles. The third kappa shape index (κ3) is 3.90. The zero-order valence-corrected chi connectivity index (χ0v) is 9.49. The second kappa shape index (κ2) is 5.74. The van der Waals surface area contributed by atoms with Gasteiger partial charge >= 0.3 is 0 Å². The van der Waals surface area contributed by atoms with Crippen LogP contribution in [-0.2, 0) is 4.79 Å². The molecule has 1 aliphatic heterocycles. The molecule has 0 saturated carbocycles. The molecule has 1 N–H and O–H groups in total. The first kappa shape index (κ1) is 12.0. The summed E-state index contributed by atoms with van der Waals surface area (Å²) >= 11 is 0. The summed E-state index contributed by atoms with van der Waals surface area (Å²) in [5.74, 6) is 2.41. The average molecular weight is 209 g/mol. The van der Waals surface area contributed by atoms with Crippen molar-refractivity contribution < 1.29 is 4.79 Å². The molecule has 4 nitrogen and oxygen atoms in total. The summed E-state index contributed by atoms with van der Waals surface area (Å²) in [7, 11) is 4.15. The number of carbonyl (C=O) groups is 1. The topological polar surface area (TPSA) is 35.6 Å². The molecule has 1 saturated heterocycles.